The Morgan fingerprint density at radius 2 is 2.31 bits per heavy atom. The van der Waals surface area contributed by atoms with Gasteiger partial charge >= 0.3 is 12.1 Å². The Hall–Kier alpha value is -1.52. The third kappa shape index (κ3) is 4.84. The highest BCUT2D eigenvalue weighted by Gasteiger charge is 2.17. The Labute approximate surface area is 76.4 Å². The van der Waals surface area contributed by atoms with Crippen molar-refractivity contribution in [3.63, 3.8) is 0 Å². The van der Waals surface area contributed by atoms with Crippen molar-refractivity contribution in [1.82, 2.24) is 5.32 Å². The van der Waals surface area contributed by atoms with Crippen LogP contribution in [0.2, 0.25) is 0 Å². The first-order valence-corrected chi connectivity index (χ1v) is 3.88. The van der Waals surface area contributed by atoms with Gasteiger partial charge in [-0.1, -0.05) is 19.6 Å². The molecule has 0 aliphatic heterocycles. The Balaban J connectivity index is 3.86. The molecule has 5 nitrogen and oxygen atoms in total. The number of hydrogen-bond donors (Lipinski definition) is 2. The number of ether oxygens (including phenoxy) is 1. The van der Waals surface area contributed by atoms with Gasteiger partial charge in [0.05, 0.1) is 0 Å². The molecule has 0 rings (SSSR count). The first kappa shape index (κ1) is 11.5. The van der Waals surface area contributed by atoms with E-state index in [1.165, 1.54) is 6.08 Å². The molecule has 0 aliphatic rings. The van der Waals surface area contributed by atoms with Gasteiger partial charge in [-0.05, 0) is 6.42 Å². The van der Waals surface area contributed by atoms with Gasteiger partial charge in [0, 0.05) is 0 Å². The van der Waals surface area contributed by atoms with Crippen LogP contribution in [-0.4, -0.2) is 29.8 Å². The number of rotatable bonds is 5. The van der Waals surface area contributed by atoms with Crippen molar-refractivity contribution >= 4 is 12.1 Å². The van der Waals surface area contributed by atoms with Gasteiger partial charge in [-0.15, -0.1) is 0 Å². The van der Waals surface area contributed by atoms with E-state index in [-0.39, 0.29) is 6.61 Å². The second-order valence-corrected chi connectivity index (χ2v) is 2.33. The predicted octanol–water partition coefficient (Wildman–Crippen LogP) is 0.762. The molecule has 0 fully saturated rings. The average molecular weight is 187 g/mol. The van der Waals surface area contributed by atoms with Crippen LogP contribution >= 0.6 is 0 Å². The molecule has 0 heterocycles. The Morgan fingerprint density at radius 3 is 2.69 bits per heavy atom. The first-order chi connectivity index (χ1) is 6.11. The van der Waals surface area contributed by atoms with Crippen molar-refractivity contribution in [2.75, 3.05) is 6.61 Å². The van der Waals surface area contributed by atoms with Gasteiger partial charge in [0.2, 0.25) is 0 Å². The van der Waals surface area contributed by atoms with Crippen molar-refractivity contribution in [3.8, 4) is 0 Å². The van der Waals surface area contributed by atoms with Gasteiger partial charge < -0.3 is 15.2 Å². The highest BCUT2D eigenvalue weighted by Crippen LogP contribution is 1.91. The molecule has 0 spiro atoms. The van der Waals surface area contributed by atoms with E-state index in [1.54, 1.807) is 6.92 Å². The molecule has 0 saturated heterocycles. The quantitative estimate of drug-likeness (QED) is 0.623. The summed E-state index contributed by atoms with van der Waals surface area (Å²) in [7, 11) is 0. The number of hydrogen-bond acceptors (Lipinski definition) is 3. The monoisotopic (exact) mass is 187 g/mol. The summed E-state index contributed by atoms with van der Waals surface area (Å²) in [5.74, 6) is -1.07. The Kier molecular flexibility index (Phi) is 5.34. The largest absolute Gasteiger partial charge is 0.480 e. The fourth-order valence-corrected chi connectivity index (χ4v) is 0.657. The van der Waals surface area contributed by atoms with Gasteiger partial charge in [-0.2, -0.15) is 0 Å². The molecule has 0 unspecified atom stereocenters. The molecule has 0 radical (unpaired) electrons. The Morgan fingerprint density at radius 1 is 1.69 bits per heavy atom. The van der Waals surface area contributed by atoms with E-state index in [9.17, 15) is 9.59 Å². The fourth-order valence-electron chi connectivity index (χ4n) is 0.657. The van der Waals surface area contributed by atoms with E-state index in [2.05, 4.69) is 16.6 Å². The lowest BCUT2D eigenvalue weighted by Gasteiger charge is -2.11. The van der Waals surface area contributed by atoms with E-state index < -0.39 is 18.1 Å². The number of aliphatic carboxylic acids is 1. The number of carbonyl (C=O) groups is 2. The molecule has 1 atom stereocenters. The van der Waals surface area contributed by atoms with Crippen molar-refractivity contribution in [1.29, 1.82) is 0 Å². The molecule has 0 aliphatic carbocycles. The number of carboxylic acids is 1. The topological polar surface area (TPSA) is 75.6 Å². The lowest BCUT2D eigenvalue weighted by Crippen LogP contribution is -2.40. The summed E-state index contributed by atoms with van der Waals surface area (Å²) in [6, 6.07) is -0.891. The van der Waals surface area contributed by atoms with Crippen LogP contribution in [-0.2, 0) is 9.53 Å². The smallest absolute Gasteiger partial charge is 0.408 e. The second kappa shape index (κ2) is 6.05. The van der Waals surface area contributed by atoms with Gasteiger partial charge in [-0.3, -0.25) is 0 Å². The van der Waals surface area contributed by atoms with Crippen LogP contribution in [0.25, 0.3) is 0 Å². The number of carbonyl (C=O) groups excluding carboxylic acids is 1. The standard InChI is InChI=1S/C8H13NO4/c1-3-5-13-8(12)9-6(4-2)7(10)11/h3,6H,1,4-5H2,2H3,(H,9,12)(H,10,11)/t6-/m0/s1. The zero-order valence-electron chi connectivity index (χ0n) is 7.45. The lowest BCUT2D eigenvalue weighted by atomic mass is 10.2. The minimum atomic E-state index is -1.07. The zero-order chi connectivity index (χ0) is 10.3. The minimum absolute atomic E-state index is 0.0713. The summed E-state index contributed by atoms with van der Waals surface area (Å²) in [6.45, 7) is 5.08. The van der Waals surface area contributed by atoms with Crippen molar-refractivity contribution in [3.05, 3.63) is 12.7 Å². The summed E-state index contributed by atoms with van der Waals surface area (Å²) >= 11 is 0. The van der Waals surface area contributed by atoms with Crippen LogP contribution in [0.4, 0.5) is 4.79 Å². The predicted molar refractivity (Wildman–Crippen MR) is 46.4 cm³/mol. The molecule has 1 amide bonds. The fraction of sp³-hybridized carbons (Fsp3) is 0.500. The van der Waals surface area contributed by atoms with Crippen molar-refractivity contribution < 1.29 is 19.4 Å². The van der Waals surface area contributed by atoms with Gasteiger partial charge in [0.15, 0.2) is 0 Å². The maximum atomic E-state index is 10.8. The van der Waals surface area contributed by atoms with E-state index in [0.29, 0.717) is 6.42 Å². The molecule has 0 bridgehead atoms. The normalized spacial score (nSPS) is 11.5. The van der Waals surface area contributed by atoms with Gasteiger partial charge in [0.25, 0.3) is 0 Å². The van der Waals surface area contributed by atoms with Crippen LogP contribution in [0.1, 0.15) is 13.3 Å². The van der Waals surface area contributed by atoms with Crippen LogP contribution in [0.5, 0.6) is 0 Å². The first-order valence-electron chi connectivity index (χ1n) is 3.88. The van der Waals surface area contributed by atoms with Gasteiger partial charge in [-0.25, -0.2) is 9.59 Å². The molecule has 0 saturated carbocycles. The van der Waals surface area contributed by atoms with Crippen molar-refractivity contribution in [2.24, 2.45) is 0 Å². The lowest BCUT2D eigenvalue weighted by molar-refractivity contribution is -0.139. The number of amides is 1. The summed E-state index contributed by atoms with van der Waals surface area (Å²) in [4.78, 5) is 21.3. The summed E-state index contributed by atoms with van der Waals surface area (Å²) in [6.07, 6.45) is 0.981. The number of carboxylic acid groups (broad SMARTS) is 1. The summed E-state index contributed by atoms with van der Waals surface area (Å²) in [5, 5.41) is 10.7. The molecule has 5 heteroatoms. The molecule has 0 aromatic rings. The molecular formula is C8H13NO4. The van der Waals surface area contributed by atoms with E-state index in [4.69, 9.17) is 5.11 Å². The minimum Gasteiger partial charge on any atom is -0.480 e. The van der Waals surface area contributed by atoms with E-state index >= 15 is 0 Å². The maximum absolute atomic E-state index is 10.8. The molecule has 0 aromatic carbocycles. The summed E-state index contributed by atoms with van der Waals surface area (Å²) in [5.41, 5.74) is 0. The van der Waals surface area contributed by atoms with Crippen molar-refractivity contribution in [2.45, 2.75) is 19.4 Å². The Bertz CT molecular complexity index is 202. The van der Waals surface area contributed by atoms with Gasteiger partial charge in [0.1, 0.15) is 12.6 Å². The summed E-state index contributed by atoms with van der Waals surface area (Å²) < 4.78 is 4.54. The zero-order valence-corrected chi connectivity index (χ0v) is 7.45. The molecule has 2 N–H and O–H groups in total. The SMILES string of the molecule is C=CCOC(=O)N[C@@H](CC)C(=O)O. The molecular weight excluding hydrogens is 174 g/mol. The average Bonchev–Trinajstić information content (AvgIpc) is 2.10. The number of alkyl carbamates (subject to hydrolysis) is 1. The third-order valence-electron chi connectivity index (χ3n) is 1.33. The molecule has 13 heavy (non-hydrogen) atoms. The van der Waals surface area contributed by atoms with Crippen LogP contribution < -0.4 is 5.32 Å². The third-order valence-corrected chi connectivity index (χ3v) is 1.33. The van der Waals surface area contributed by atoms with Crippen LogP contribution in [0.15, 0.2) is 12.7 Å². The molecule has 74 valence electrons. The number of nitrogens with one attached hydrogen (secondary N) is 1. The highest BCUT2D eigenvalue weighted by molar-refractivity contribution is 5.79. The van der Waals surface area contributed by atoms with Crippen LogP contribution in [0, 0.1) is 0 Å². The highest BCUT2D eigenvalue weighted by atomic mass is 16.5. The van der Waals surface area contributed by atoms with E-state index in [1.807, 2.05) is 0 Å². The second-order valence-electron chi connectivity index (χ2n) is 2.33. The van der Waals surface area contributed by atoms with Crippen LogP contribution in [0.3, 0.4) is 0 Å². The maximum Gasteiger partial charge on any atom is 0.408 e. The van der Waals surface area contributed by atoms with E-state index in [0.717, 1.165) is 0 Å². The molecule has 0 aromatic heterocycles.